The largest absolute Gasteiger partial charge is 0.508 e. The Morgan fingerprint density at radius 3 is 2.60 bits per heavy atom. The minimum atomic E-state index is -3.53. The van der Waals surface area contributed by atoms with Crippen LogP contribution in [0.3, 0.4) is 0 Å². The fourth-order valence-corrected chi connectivity index (χ4v) is 3.18. The first kappa shape index (κ1) is 16.9. The topological polar surface area (TPSA) is 131 Å². The highest BCUT2D eigenvalue weighted by molar-refractivity contribution is 7.92. The van der Waals surface area contributed by atoms with Crippen molar-refractivity contribution in [3.05, 3.63) is 35.7 Å². The zero-order valence-corrected chi connectivity index (χ0v) is 14.7. The Labute approximate surface area is 144 Å². The summed E-state index contributed by atoms with van der Waals surface area (Å²) in [6, 6.07) is 4.84. The molecule has 0 bridgehead atoms. The number of hydrogen-bond acceptors (Lipinski definition) is 7. The lowest BCUT2D eigenvalue weighted by Gasteiger charge is -2.15. The number of aryl methyl sites for hydroxylation is 1. The number of phenols is 1. The van der Waals surface area contributed by atoms with Crippen LogP contribution in [0.4, 0.5) is 11.6 Å². The van der Waals surface area contributed by atoms with Crippen molar-refractivity contribution in [1.29, 1.82) is 0 Å². The van der Waals surface area contributed by atoms with E-state index >= 15 is 0 Å². The van der Waals surface area contributed by atoms with Crippen molar-refractivity contribution in [1.82, 2.24) is 15.0 Å². The smallest absolute Gasteiger partial charge is 0.230 e. The minimum Gasteiger partial charge on any atom is -0.508 e. The molecule has 4 N–H and O–H groups in total. The van der Waals surface area contributed by atoms with Crippen molar-refractivity contribution < 1.29 is 13.5 Å². The predicted molar refractivity (Wildman–Crippen MR) is 96.8 cm³/mol. The number of pyridine rings is 1. The van der Waals surface area contributed by atoms with Crippen LogP contribution in [0.5, 0.6) is 5.75 Å². The molecule has 0 aliphatic carbocycles. The average molecular weight is 359 g/mol. The number of nitrogens with zero attached hydrogens (tertiary/aromatic N) is 3. The molecule has 0 atom stereocenters. The maximum Gasteiger partial charge on any atom is 0.230 e. The molecular formula is C16H17N5O3S. The van der Waals surface area contributed by atoms with Crippen LogP contribution < -0.4 is 10.5 Å². The molecule has 2 heterocycles. The molecule has 2 aromatic heterocycles. The van der Waals surface area contributed by atoms with Gasteiger partial charge in [-0.15, -0.1) is 0 Å². The van der Waals surface area contributed by atoms with Crippen molar-refractivity contribution >= 4 is 32.6 Å². The first-order valence-corrected chi connectivity index (χ1v) is 9.25. The molecule has 8 nitrogen and oxygen atoms in total. The number of anilines is 2. The molecule has 3 aromatic rings. The first-order chi connectivity index (χ1) is 11.7. The molecule has 130 valence electrons. The van der Waals surface area contributed by atoms with Crippen LogP contribution >= 0.6 is 0 Å². The molecule has 0 unspecified atom stereocenters. The van der Waals surface area contributed by atoms with E-state index in [0.29, 0.717) is 27.7 Å². The van der Waals surface area contributed by atoms with Crippen molar-refractivity contribution in [3.8, 4) is 17.0 Å². The average Bonchev–Trinajstić information content (AvgIpc) is 2.51. The van der Waals surface area contributed by atoms with E-state index < -0.39 is 10.0 Å². The summed E-state index contributed by atoms with van der Waals surface area (Å²) in [7, 11) is -3.53. The van der Waals surface area contributed by atoms with Gasteiger partial charge in [-0.2, -0.15) is 0 Å². The van der Waals surface area contributed by atoms with E-state index in [4.69, 9.17) is 5.73 Å². The number of nitrogen functional groups attached to an aromatic ring is 1. The predicted octanol–water partition coefficient (Wildman–Crippen LogP) is 1.97. The second kappa shape index (κ2) is 5.85. The lowest BCUT2D eigenvalue weighted by molar-refractivity contribution is 0.471. The highest BCUT2D eigenvalue weighted by Crippen LogP contribution is 2.36. The van der Waals surface area contributed by atoms with Gasteiger partial charge in [-0.3, -0.25) is 4.72 Å². The summed E-state index contributed by atoms with van der Waals surface area (Å²) in [5.41, 5.74) is 8.97. The zero-order chi connectivity index (χ0) is 18.4. The van der Waals surface area contributed by atoms with E-state index in [2.05, 4.69) is 19.7 Å². The van der Waals surface area contributed by atoms with Gasteiger partial charge in [0.05, 0.1) is 11.9 Å². The number of fused-ring (bicyclic) bond motifs is 1. The molecule has 0 saturated heterocycles. The Morgan fingerprint density at radius 1 is 1.20 bits per heavy atom. The molecule has 1 aromatic carbocycles. The fraction of sp³-hybridized carbons (Fsp3) is 0.188. The van der Waals surface area contributed by atoms with Crippen LogP contribution in [0.25, 0.3) is 22.2 Å². The number of nitrogens with two attached hydrogens (primary N) is 1. The zero-order valence-electron chi connectivity index (χ0n) is 13.9. The van der Waals surface area contributed by atoms with Gasteiger partial charge in [-0.1, -0.05) is 6.07 Å². The quantitative estimate of drug-likeness (QED) is 0.651. The Kier molecular flexibility index (Phi) is 3.96. The van der Waals surface area contributed by atoms with Crippen LogP contribution in [-0.2, 0) is 10.0 Å². The number of aromatic hydroxyl groups is 1. The lowest BCUT2D eigenvalue weighted by Crippen LogP contribution is -2.12. The third-order valence-electron chi connectivity index (χ3n) is 3.82. The summed E-state index contributed by atoms with van der Waals surface area (Å²) in [6.45, 7) is 3.63. The maximum absolute atomic E-state index is 11.6. The van der Waals surface area contributed by atoms with Gasteiger partial charge in [-0.25, -0.2) is 23.4 Å². The number of nitrogens with one attached hydrogen (secondary N) is 1. The monoisotopic (exact) mass is 359 g/mol. The maximum atomic E-state index is 11.6. The Balaban J connectivity index is 2.42. The molecule has 0 aliphatic heterocycles. The number of rotatable bonds is 3. The van der Waals surface area contributed by atoms with Crippen LogP contribution in [0.2, 0.25) is 0 Å². The number of sulfonamides is 1. The van der Waals surface area contributed by atoms with E-state index in [-0.39, 0.29) is 17.4 Å². The number of hydrogen-bond donors (Lipinski definition) is 3. The van der Waals surface area contributed by atoms with Crippen molar-refractivity contribution in [2.45, 2.75) is 13.8 Å². The fourth-order valence-electron chi connectivity index (χ4n) is 2.70. The SMILES string of the molecule is Cc1ccc(O)c(C)c1-c1nc(NS(C)(=O)=O)cc2c(N)ncnc12. The summed E-state index contributed by atoms with van der Waals surface area (Å²) < 4.78 is 25.6. The lowest BCUT2D eigenvalue weighted by atomic mass is 9.97. The second-order valence-corrected chi connectivity index (χ2v) is 7.54. The van der Waals surface area contributed by atoms with Gasteiger partial charge in [0.1, 0.15) is 29.2 Å². The van der Waals surface area contributed by atoms with Crippen LogP contribution in [0.15, 0.2) is 24.5 Å². The van der Waals surface area contributed by atoms with Crippen molar-refractivity contribution in [2.75, 3.05) is 16.7 Å². The van der Waals surface area contributed by atoms with Crippen LogP contribution in [0.1, 0.15) is 11.1 Å². The van der Waals surface area contributed by atoms with Gasteiger partial charge in [0.2, 0.25) is 10.0 Å². The van der Waals surface area contributed by atoms with E-state index in [1.54, 1.807) is 19.1 Å². The van der Waals surface area contributed by atoms with E-state index in [0.717, 1.165) is 11.8 Å². The third-order valence-corrected chi connectivity index (χ3v) is 4.40. The van der Waals surface area contributed by atoms with Gasteiger partial charge in [0, 0.05) is 16.5 Å². The number of benzene rings is 1. The van der Waals surface area contributed by atoms with E-state index in [9.17, 15) is 13.5 Å². The van der Waals surface area contributed by atoms with Gasteiger partial charge in [0.25, 0.3) is 0 Å². The molecule has 0 fully saturated rings. The van der Waals surface area contributed by atoms with Gasteiger partial charge in [-0.05, 0) is 31.5 Å². The normalized spacial score (nSPS) is 11.6. The molecule has 25 heavy (non-hydrogen) atoms. The molecule has 3 rings (SSSR count). The summed E-state index contributed by atoms with van der Waals surface area (Å²) in [6.07, 6.45) is 2.36. The Morgan fingerprint density at radius 2 is 1.92 bits per heavy atom. The summed E-state index contributed by atoms with van der Waals surface area (Å²) in [5, 5.41) is 10.5. The Hall–Kier alpha value is -2.94. The number of phenolic OH excluding ortho intramolecular Hbond substituents is 1. The first-order valence-electron chi connectivity index (χ1n) is 7.36. The van der Waals surface area contributed by atoms with E-state index in [1.165, 1.54) is 12.4 Å². The molecule has 9 heteroatoms. The van der Waals surface area contributed by atoms with Crippen LogP contribution in [-0.4, -0.2) is 34.7 Å². The van der Waals surface area contributed by atoms with Crippen molar-refractivity contribution in [2.24, 2.45) is 0 Å². The van der Waals surface area contributed by atoms with Crippen molar-refractivity contribution in [3.63, 3.8) is 0 Å². The molecule has 0 saturated carbocycles. The molecule has 0 spiro atoms. The molecular weight excluding hydrogens is 342 g/mol. The highest BCUT2D eigenvalue weighted by Gasteiger charge is 2.18. The summed E-state index contributed by atoms with van der Waals surface area (Å²) in [4.78, 5) is 12.6. The minimum absolute atomic E-state index is 0.105. The summed E-state index contributed by atoms with van der Waals surface area (Å²) in [5.74, 6) is 0.424. The van der Waals surface area contributed by atoms with Gasteiger partial charge < -0.3 is 10.8 Å². The van der Waals surface area contributed by atoms with Gasteiger partial charge in [0.15, 0.2) is 0 Å². The summed E-state index contributed by atoms with van der Waals surface area (Å²) >= 11 is 0. The van der Waals surface area contributed by atoms with Gasteiger partial charge >= 0.3 is 0 Å². The van der Waals surface area contributed by atoms with Crippen LogP contribution in [0, 0.1) is 13.8 Å². The molecule has 0 radical (unpaired) electrons. The molecule has 0 aliphatic rings. The molecule has 0 amide bonds. The standard InChI is InChI=1S/C16H17N5O3S/c1-8-4-5-11(22)9(2)13(8)15-14-10(16(17)19-7-18-14)6-12(20-15)21-25(3,23)24/h4-7,22H,1-3H3,(H,20,21)(H2,17,18,19). The second-order valence-electron chi connectivity index (χ2n) is 5.79. The highest BCUT2D eigenvalue weighted by atomic mass is 32.2. The Bertz CT molecular complexity index is 1100. The number of aromatic nitrogens is 3. The van der Waals surface area contributed by atoms with E-state index in [1.807, 2.05) is 6.92 Å². The third kappa shape index (κ3) is 3.18.